The Bertz CT molecular complexity index is 1370. The molecule has 152 valence electrons. The minimum absolute atomic E-state index is 0.185. The van der Waals surface area contributed by atoms with Crippen LogP contribution in [0.5, 0.6) is 0 Å². The molecule has 1 aliphatic carbocycles. The molecule has 1 aliphatic rings. The van der Waals surface area contributed by atoms with Gasteiger partial charge in [-0.25, -0.2) is 16.8 Å². The molecular formula is C24H20O4S2. The molecule has 2 atom stereocenters. The molecule has 4 aromatic carbocycles. The third kappa shape index (κ3) is 3.02. The summed E-state index contributed by atoms with van der Waals surface area (Å²) in [6.45, 7) is 0. The predicted molar refractivity (Wildman–Crippen MR) is 119 cm³/mol. The zero-order chi connectivity index (χ0) is 20.9. The van der Waals surface area contributed by atoms with Crippen molar-refractivity contribution in [1.29, 1.82) is 0 Å². The highest BCUT2D eigenvalue weighted by molar-refractivity contribution is 7.96. The van der Waals surface area contributed by atoms with E-state index in [0.29, 0.717) is 12.8 Å². The second-order valence-electron chi connectivity index (χ2n) is 7.76. The quantitative estimate of drug-likeness (QED) is 0.462. The fourth-order valence-corrected chi connectivity index (χ4v) is 8.83. The molecule has 1 fully saturated rings. The Morgan fingerprint density at radius 1 is 0.500 bits per heavy atom. The van der Waals surface area contributed by atoms with Crippen LogP contribution in [0.3, 0.4) is 0 Å². The zero-order valence-electron chi connectivity index (χ0n) is 16.1. The van der Waals surface area contributed by atoms with Crippen molar-refractivity contribution in [2.24, 2.45) is 0 Å². The smallest absolute Gasteiger partial charge is 0.182 e. The number of sulfone groups is 2. The average Bonchev–Trinajstić information content (AvgIpc) is 2.71. The van der Waals surface area contributed by atoms with Crippen LogP contribution in [-0.2, 0) is 19.7 Å². The lowest BCUT2D eigenvalue weighted by Gasteiger charge is -2.35. The van der Waals surface area contributed by atoms with Crippen molar-refractivity contribution in [3.63, 3.8) is 0 Å². The molecule has 0 unspecified atom stereocenters. The van der Waals surface area contributed by atoms with Crippen molar-refractivity contribution >= 4 is 41.2 Å². The summed E-state index contributed by atoms with van der Waals surface area (Å²) >= 11 is 0. The first kappa shape index (κ1) is 19.3. The lowest BCUT2D eigenvalue weighted by atomic mass is 9.99. The monoisotopic (exact) mass is 436 g/mol. The van der Waals surface area contributed by atoms with Gasteiger partial charge in [0, 0.05) is 0 Å². The van der Waals surface area contributed by atoms with Gasteiger partial charge in [0.25, 0.3) is 0 Å². The fourth-order valence-electron chi connectivity index (χ4n) is 4.19. The fraction of sp³-hybridized carbons (Fsp3) is 0.167. The lowest BCUT2D eigenvalue weighted by molar-refractivity contribution is 0.460. The van der Waals surface area contributed by atoms with Crippen LogP contribution in [0.25, 0.3) is 21.5 Å². The third-order valence-electron chi connectivity index (χ3n) is 6.05. The molecule has 0 saturated heterocycles. The second-order valence-corrected chi connectivity index (χ2v) is 12.1. The Morgan fingerprint density at radius 3 is 1.23 bits per heavy atom. The number of hydrogen-bond donors (Lipinski definition) is 0. The van der Waals surface area contributed by atoms with Crippen LogP contribution < -0.4 is 0 Å². The van der Waals surface area contributed by atoms with Crippen LogP contribution in [0.15, 0.2) is 94.7 Å². The molecule has 5 rings (SSSR count). The van der Waals surface area contributed by atoms with Gasteiger partial charge in [-0.15, -0.1) is 0 Å². The lowest BCUT2D eigenvalue weighted by Crippen LogP contribution is -2.48. The van der Waals surface area contributed by atoms with Gasteiger partial charge >= 0.3 is 0 Å². The zero-order valence-corrected chi connectivity index (χ0v) is 17.7. The first-order valence-electron chi connectivity index (χ1n) is 9.83. The van der Waals surface area contributed by atoms with Crippen LogP contribution in [-0.4, -0.2) is 27.3 Å². The van der Waals surface area contributed by atoms with Gasteiger partial charge < -0.3 is 0 Å². The molecule has 4 aromatic rings. The molecule has 0 bridgehead atoms. The standard InChI is InChI=1S/C24H20O4S2/c25-29(26,21-11-9-17-5-1-3-7-19(17)15-21)23-13-14-24(23)30(27,28)22-12-10-18-6-2-4-8-20(18)16-22/h1-12,15-16,23-24H,13-14H2/t23-,24-/m0/s1. The molecule has 0 amide bonds. The minimum atomic E-state index is -3.76. The summed E-state index contributed by atoms with van der Waals surface area (Å²) in [5.41, 5.74) is 0. The van der Waals surface area contributed by atoms with Crippen molar-refractivity contribution in [2.45, 2.75) is 33.1 Å². The van der Waals surface area contributed by atoms with E-state index in [1.54, 1.807) is 36.4 Å². The average molecular weight is 437 g/mol. The molecular weight excluding hydrogens is 416 g/mol. The minimum Gasteiger partial charge on any atom is -0.223 e. The van der Waals surface area contributed by atoms with Crippen molar-refractivity contribution in [2.75, 3.05) is 0 Å². The van der Waals surface area contributed by atoms with Crippen LogP contribution in [0.1, 0.15) is 12.8 Å². The van der Waals surface area contributed by atoms with Crippen LogP contribution >= 0.6 is 0 Å². The predicted octanol–water partition coefficient (Wildman–Crippen LogP) is 4.77. The maximum Gasteiger partial charge on any atom is 0.182 e. The summed E-state index contributed by atoms with van der Waals surface area (Å²) in [4.78, 5) is 0.370. The molecule has 0 heterocycles. The SMILES string of the molecule is O=S(=O)(c1ccc2ccccc2c1)[C@H]1CC[C@@H]1S(=O)(=O)c1ccc2ccccc2c1. The molecule has 0 N–H and O–H groups in total. The molecule has 6 heteroatoms. The summed E-state index contributed by atoms with van der Waals surface area (Å²) in [5, 5.41) is 1.71. The van der Waals surface area contributed by atoms with E-state index >= 15 is 0 Å². The number of fused-ring (bicyclic) bond motifs is 2. The summed E-state index contributed by atoms with van der Waals surface area (Å²) < 4.78 is 53.2. The van der Waals surface area contributed by atoms with Gasteiger partial charge in [-0.2, -0.15) is 0 Å². The van der Waals surface area contributed by atoms with Gasteiger partial charge in [0.2, 0.25) is 0 Å². The summed E-state index contributed by atoms with van der Waals surface area (Å²) in [5.74, 6) is 0. The van der Waals surface area contributed by atoms with Crippen molar-refractivity contribution < 1.29 is 16.8 Å². The molecule has 1 saturated carbocycles. The number of hydrogen-bond acceptors (Lipinski definition) is 4. The first-order chi connectivity index (χ1) is 14.4. The molecule has 4 nitrogen and oxygen atoms in total. The topological polar surface area (TPSA) is 68.3 Å². The van der Waals surface area contributed by atoms with Crippen LogP contribution in [0.2, 0.25) is 0 Å². The van der Waals surface area contributed by atoms with Crippen molar-refractivity contribution in [3.05, 3.63) is 84.9 Å². The molecule has 0 aromatic heterocycles. The highest BCUT2D eigenvalue weighted by atomic mass is 32.2. The summed E-state index contributed by atoms with van der Waals surface area (Å²) in [7, 11) is -7.51. The van der Waals surface area contributed by atoms with E-state index in [0.717, 1.165) is 21.5 Å². The number of rotatable bonds is 4. The summed E-state index contributed by atoms with van der Waals surface area (Å²) in [6.07, 6.45) is 0.708. The normalized spacial score (nSPS) is 19.6. The Balaban J connectivity index is 1.52. The maximum atomic E-state index is 13.3. The Kier molecular flexibility index (Phi) is 4.45. The van der Waals surface area contributed by atoms with Gasteiger partial charge in [-0.1, -0.05) is 60.7 Å². The molecule has 0 spiro atoms. The Morgan fingerprint density at radius 2 is 0.867 bits per heavy atom. The van der Waals surface area contributed by atoms with Gasteiger partial charge in [-0.3, -0.25) is 0 Å². The van der Waals surface area contributed by atoms with Gasteiger partial charge in [0.05, 0.1) is 20.3 Å². The highest BCUT2D eigenvalue weighted by Crippen LogP contribution is 2.39. The van der Waals surface area contributed by atoms with E-state index in [1.807, 2.05) is 48.5 Å². The molecule has 0 aliphatic heterocycles. The van der Waals surface area contributed by atoms with Crippen molar-refractivity contribution in [1.82, 2.24) is 0 Å². The largest absolute Gasteiger partial charge is 0.223 e. The highest BCUT2D eigenvalue weighted by Gasteiger charge is 2.49. The van der Waals surface area contributed by atoms with E-state index in [2.05, 4.69) is 0 Å². The second kappa shape index (κ2) is 6.93. The van der Waals surface area contributed by atoms with Crippen LogP contribution in [0.4, 0.5) is 0 Å². The Hall–Kier alpha value is -2.70. The number of benzene rings is 4. The van der Waals surface area contributed by atoms with E-state index in [9.17, 15) is 16.8 Å². The van der Waals surface area contributed by atoms with Gasteiger partial charge in [0.15, 0.2) is 19.7 Å². The van der Waals surface area contributed by atoms with E-state index in [-0.39, 0.29) is 9.79 Å². The van der Waals surface area contributed by atoms with E-state index in [4.69, 9.17) is 0 Å². The van der Waals surface area contributed by atoms with E-state index < -0.39 is 30.2 Å². The van der Waals surface area contributed by atoms with Gasteiger partial charge in [-0.05, 0) is 58.7 Å². The molecule has 0 radical (unpaired) electrons. The molecule has 30 heavy (non-hydrogen) atoms. The maximum absolute atomic E-state index is 13.3. The summed E-state index contributed by atoms with van der Waals surface area (Å²) in [6, 6.07) is 25.0. The van der Waals surface area contributed by atoms with Crippen molar-refractivity contribution in [3.8, 4) is 0 Å². The van der Waals surface area contributed by atoms with E-state index in [1.165, 1.54) is 0 Å². The Labute approximate surface area is 176 Å². The third-order valence-corrected chi connectivity index (χ3v) is 10.8. The van der Waals surface area contributed by atoms with Gasteiger partial charge in [0.1, 0.15) is 0 Å². The van der Waals surface area contributed by atoms with Crippen LogP contribution in [0, 0.1) is 0 Å². The first-order valence-corrected chi connectivity index (χ1v) is 12.9.